The summed E-state index contributed by atoms with van der Waals surface area (Å²) in [7, 11) is 3.89. The van der Waals surface area contributed by atoms with Crippen molar-refractivity contribution in [2.75, 3.05) is 13.6 Å². The van der Waals surface area contributed by atoms with Crippen molar-refractivity contribution >= 4 is 41.3 Å². The first-order chi connectivity index (χ1) is 10.6. The lowest BCUT2D eigenvalue weighted by Crippen LogP contribution is -2.39. The lowest BCUT2D eigenvalue weighted by Gasteiger charge is -2.21. The molecule has 1 N–H and O–H groups in total. The number of hydrogen-bond acceptors (Lipinski definition) is 5. The molecule has 0 saturated carbocycles. The maximum atomic E-state index is 4.66. The molecule has 0 saturated heterocycles. The molecule has 0 spiro atoms. The third-order valence-corrected chi connectivity index (χ3v) is 4.32. The average Bonchev–Trinajstić information content (AvgIpc) is 3.13. The second-order valence-electron chi connectivity index (χ2n) is 4.90. The van der Waals surface area contributed by atoms with Crippen LogP contribution in [0.2, 0.25) is 0 Å². The lowest BCUT2D eigenvalue weighted by molar-refractivity contribution is 0.448. The second-order valence-corrected chi connectivity index (χ2v) is 6.10. The fourth-order valence-electron chi connectivity index (χ4n) is 1.95. The number of rotatable bonds is 6. The zero-order chi connectivity index (χ0) is 15.9. The SMILES string of the molecule is CCNC(=NCc1ncc(CC)s1)N(C)Cc1ncnn1C.I. The Kier molecular flexibility index (Phi) is 8.45. The standard InChI is InChI=1S/C14H23N7S.HI/c1-5-11-7-16-13(22-11)8-17-14(15-6-2)20(3)9-12-18-10-19-21(12)4;/h7,10H,5-6,8-9H2,1-4H3,(H,15,17);1H. The summed E-state index contributed by atoms with van der Waals surface area (Å²) in [6, 6.07) is 0. The minimum absolute atomic E-state index is 0. The molecule has 0 unspecified atom stereocenters. The first kappa shape index (κ1) is 19.8. The van der Waals surface area contributed by atoms with E-state index in [4.69, 9.17) is 0 Å². The van der Waals surface area contributed by atoms with Gasteiger partial charge in [0.2, 0.25) is 0 Å². The van der Waals surface area contributed by atoms with E-state index < -0.39 is 0 Å². The van der Waals surface area contributed by atoms with Crippen molar-refractivity contribution in [3.8, 4) is 0 Å². The maximum Gasteiger partial charge on any atom is 0.194 e. The molecule has 2 aromatic heterocycles. The first-order valence-electron chi connectivity index (χ1n) is 7.39. The fourth-order valence-corrected chi connectivity index (χ4v) is 2.73. The summed E-state index contributed by atoms with van der Waals surface area (Å²) >= 11 is 1.72. The number of halogens is 1. The van der Waals surface area contributed by atoms with Crippen molar-refractivity contribution < 1.29 is 0 Å². The van der Waals surface area contributed by atoms with Crippen LogP contribution in [0.5, 0.6) is 0 Å². The molecular weight excluding hydrogens is 425 g/mol. The van der Waals surface area contributed by atoms with Crippen LogP contribution in [0.4, 0.5) is 0 Å². The molecule has 0 aliphatic rings. The van der Waals surface area contributed by atoms with Crippen LogP contribution in [0.15, 0.2) is 17.5 Å². The van der Waals surface area contributed by atoms with Crippen LogP contribution in [0.25, 0.3) is 0 Å². The average molecular weight is 449 g/mol. The van der Waals surface area contributed by atoms with Gasteiger partial charge in [0, 0.05) is 31.7 Å². The Morgan fingerprint density at radius 2 is 2.17 bits per heavy atom. The minimum atomic E-state index is 0. The molecule has 0 aliphatic carbocycles. The highest BCUT2D eigenvalue weighted by atomic mass is 127. The largest absolute Gasteiger partial charge is 0.357 e. The van der Waals surface area contributed by atoms with E-state index in [1.807, 2.05) is 25.2 Å². The highest BCUT2D eigenvalue weighted by Crippen LogP contribution is 2.14. The number of guanidine groups is 1. The fraction of sp³-hybridized carbons (Fsp3) is 0.571. The number of nitrogens with zero attached hydrogens (tertiary/aromatic N) is 6. The molecule has 0 bridgehead atoms. The summed E-state index contributed by atoms with van der Waals surface area (Å²) in [6.45, 7) is 6.26. The summed E-state index contributed by atoms with van der Waals surface area (Å²) in [5.41, 5.74) is 0. The molecule has 0 amide bonds. The summed E-state index contributed by atoms with van der Waals surface area (Å²) in [6.07, 6.45) is 4.52. The molecule has 0 aliphatic heterocycles. The third kappa shape index (κ3) is 5.72. The van der Waals surface area contributed by atoms with Gasteiger partial charge in [0.05, 0.1) is 13.1 Å². The van der Waals surface area contributed by atoms with E-state index >= 15 is 0 Å². The zero-order valence-electron chi connectivity index (χ0n) is 14.0. The molecule has 2 rings (SSSR count). The lowest BCUT2D eigenvalue weighted by atomic mass is 10.4. The van der Waals surface area contributed by atoms with Gasteiger partial charge in [-0.15, -0.1) is 35.3 Å². The summed E-state index contributed by atoms with van der Waals surface area (Å²) < 4.78 is 1.77. The van der Waals surface area contributed by atoms with Crippen LogP contribution in [-0.4, -0.2) is 44.2 Å². The van der Waals surface area contributed by atoms with E-state index in [1.165, 1.54) is 4.88 Å². The number of aliphatic imine (C=N–C) groups is 1. The topological polar surface area (TPSA) is 71.2 Å². The smallest absolute Gasteiger partial charge is 0.194 e. The maximum absolute atomic E-state index is 4.66. The quantitative estimate of drug-likeness (QED) is 0.415. The van der Waals surface area contributed by atoms with Gasteiger partial charge in [-0.3, -0.25) is 4.68 Å². The molecule has 0 fully saturated rings. The van der Waals surface area contributed by atoms with E-state index in [0.717, 1.165) is 29.8 Å². The summed E-state index contributed by atoms with van der Waals surface area (Å²) in [5.74, 6) is 1.74. The van der Waals surface area contributed by atoms with Crippen LogP contribution in [0, 0.1) is 0 Å². The number of aryl methyl sites for hydroxylation is 2. The predicted octanol–water partition coefficient (Wildman–Crippen LogP) is 2.05. The Balaban J connectivity index is 0.00000264. The summed E-state index contributed by atoms with van der Waals surface area (Å²) in [5, 5.41) is 8.43. The Morgan fingerprint density at radius 3 is 2.74 bits per heavy atom. The monoisotopic (exact) mass is 449 g/mol. The Hall–Kier alpha value is -1.23. The predicted molar refractivity (Wildman–Crippen MR) is 104 cm³/mol. The van der Waals surface area contributed by atoms with Gasteiger partial charge in [0.25, 0.3) is 0 Å². The normalized spacial score (nSPS) is 11.2. The van der Waals surface area contributed by atoms with Crippen LogP contribution in [-0.2, 0) is 26.6 Å². The molecule has 7 nitrogen and oxygen atoms in total. The van der Waals surface area contributed by atoms with E-state index in [-0.39, 0.29) is 24.0 Å². The van der Waals surface area contributed by atoms with E-state index in [2.05, 4.69) is 39.2 Å². The number of aromatic nitrogens is 4. The molecule has 2 heterocycles. The highest BCUT2D eigenvalue weighted by Gasteiger charge is 2.10. The van der Waals surface area contributed by atoms with Crippen molar-refractivity contribution in [2.24, 2.45) is 12.0 Å². The number of nitrogens with one attached hydrogen (secondary N) is 1. The Morgan fingerprint density at radius 1 is 1.39 bits per heavy atom. The van der Waals surface area contributed by atoms with Gasteiger partial charge < -0.3 is 10.2 Å². The molecule has 23 heavy (non-hydrogen) atoms. The minimum Gasteiger partial charge on any atom is -0.357 e. The summed E-state index contributed by atoms with van der Waals surface area (Å²) in [4.78, 5) is 16.7. The van der Waals surface area contributed by atoms with Crippen molar-refractivity contribution in [2.45, 2.75) is 33.4 Å². The number of thiazole rings is 1. The molecule has 9 heteroatoms. The molecule has 0 aromatic carbocycles. The van der Waals surface area contributed by atoms with Crippen molar-refractivity contribution in [1.82, 2.24) is 30.0 Å². The molecule has 2 aromatic rings. The van der Waals surface area contributed by atoms with E-state index in [0.29, 0.717) is 13.1 Å². The van der Waals surface area contributed by atoms with Crippen LogP contribution in [0.1, 0.15) is 29.6 Å². The highest BCUT2D eigenvalue weighted by molar-refractivity contribution is 14.0. The Labute approximate surface area is 158 Å². The van der Waals surface area contributed by atoms with Gasteiger partial charge in [0.15, 0.2) is 5.96 Å². The third-order valence-electron chi connectivity index (χ3n) is 3.19. The molecule has 0 atom stereocenters. The van der Waals surface area contributed by atoms with Crippen LogP contribution < -0.4 is 5.32 Å². The van der Waals surface area contributed by atoms with Gasteiger partial charge in [-0.1, -0.05) is 6.92 Å². The Bertz CT molecular complexity index is 622. The van der Waals surface area contributed by atoms with E-state index in [9.17, 15) is 0 Å². The van der Waals surface area contributed by atoms with Gasteiger partial charge in [-0.05, 0) is 13.3 Å². The molecular formula is C14H24IN7S. The molecule has 0 radical (unpaired) electrons. The second kappa shape index (κ2) is 9.81. The van der Waals surface area contributed by atoms with E-state index in [1.54, 1.807) is 22.3 Å². The number of hydrogen-bond donors (Lipinski definition) is 1. The van der Waals surface area contributed by atoms with Crippen LogP contribution in [0.3, 0.4) is 0 Å². The zero-order valence-corrected chi connectivity index (χ0v) is 17.1. The van der Waals surface area contributed by atoms with Gasteiger partial charge >= 0.3 is 0 Å². The first-order valence-corrected chi connectivity index (χ1v) is 8.21. The van der Waals surface area contributed by atoms with Gasteiger partial charge in [-0.25, -0.2) is 15.0 Å². The van der Waals surface area contributed by atoms with Crippen molar-refractivity contribution in [1.29, 1.82) is 0 Å². The van der Waals surface area contributed by atoms with Crippen molar-refractivity contribution in [3.05, 3.63) is 28.2 Å². The van der Waals surface area contributed by atoms with Crippen molar-refractivity contribution in [3.63, 3.8) is 0 Å². The van der Waals surface area contributed by atoms with Gasteiger partial charge in [-0.2, -0.15) is 5.10 Å². The van der Waals surface area contributed by atoms with Gasteiger partial charge in [0.1, 0.15) is 17.2 Å². The molecule has 128 valence electrons. The van der Waals surface area contributed by atoms with Crippen LogP contribution >= 0.6 is 35.3 Å².